The van der Waals surface area contributed by atoms with Crippen molar-refractivity contribution in [2.24, 2.45) is 0 Å². The van der Waals surface area contributed by atoms with Crippen LogP contribution in [0.25, 0.3) is 0 Å². The maximum atomic E-state index is 12.1. The van der Waals surface area contributed by atoms with E-state index >= 15 is 0 Å². The minimum absolute atomic E-state index is 0.0863. The van der Waals surface area contributed by atoms with Crippen LogP contribution < -0.4 is 4.72 Å². The van der Waals surface area contributed by atoms with Crippen molar-refractivity contribution < 1.29 is 27.6 Å². The Labute approximate surface area is 188 Å². The largest absolute Gasteiger partial charge is 0.481 e. The number of nitrogens with zero attached hydrogens (tertiary/aromatic N) is 1. The summed E-state index contributed by atoms with van der Waals surface area (Å²) in [5, 5.41) is 13.8. The number of Topliss-reactive ketones (excluding diaryl/α,β-unsaturated/α-hetero) is 1. The maximum Gasteiger partial charge on any atom is 0.307 e. The molecule has 0 saturated heterocycles. The number of aliphatic carboxylic acids is 1. The van der Waals surface area contributed by atoms with Gasteiger partial charge in [0.1, 0.15) is 15.6 Å². The van der Waals surface area contributed by atoms with Crippen molar-refractivity contribution in [1.82, 2.24) is 5.16 Å². The van der Waals surface area contributed by atoms with Crippen LogP contribution in [0.1, 0.15) is 39.0 Å². The van der Waals surface area contributed by atoms with Crippen molar-refractivity contribution in [2.45, 2.75) is 39.0 Å². The second kappa shape index (κ2) is 10.1. The zero-order chi connectivity index (χ0) is 23.3. The summed E-state index contributed by atoms with van der Waals surface area (Å²) >= 11 is 6.89. The molecule has 3 rings (SSSR count). The lowest BCUT2D eigenvalue weighted by molar-refractivity contribution is -0.136. The number of aromatic nitrogens is 1. The quantitative estimate of drug-likeness (QED) is 0.488. The van der Waals surface area contributed by atoms with Crippen LogP contribution in [0.2, 0.25) is 5.02 Å². The molecule has 8 nitrogen and oxygen atoms in total. The highest BCUT2D eigenvalue weighted by atomic mass is 35.5. The Bertz CT molecular complexity index is 1190. The molecular weight excluding hydrogens is 464 g/mol. The lowest BCUT2D eigenvalue weighted by atomic mass is 10.0. The average molecular weight is 485 g/mol. The molecule has 11 heteroatoms. The van der Waals surface area contributed by atoms with Gasteiger partial charge in [0.15, 0.2) is 5.78 Å². The van der Waals surface area contributed by atoms with Crippen LogP contribution in [-0.2, 0) is 21.2 Å². The number of ketones is 1. The summed E-state index contributed by atoms with van der Waals surface area (Å²) in [5.41, 5.74) is 3.41. The van der Waals surface area contributed by atoms with Gasteiger partial charge in [-0.1, -0.05) is 35.0 Å². The number of hydrogen-bond donors (Lipinski definition) is 2. The molecular formula is C20H21ClN2O6S2. The number of anilines is 1. The number of sulfonamides is 1. The first kappa shape index (κ1) is 24.6. The Morgan fingerprint density at radius 2 is 1.81 bits per heavy atom. The van der Waals surface area contributed by atoms with Crippen LogP contribution in [0.15, 0.2) is 39.1 Å². The first-order chi connectivity index (χ1) is 14.4. The zero-order valence-corrected chi connectivity index (χ0v) is 19.6. The van der Waals surface area contributed by atoms with E-state index in [0.717, 1.165) is 28.0 Å². The molecule has 0 spiro atoms. The van der Waals surface area contributed by atoms with Crippen molar-refractivity contribution in [1.29, 1.82) is 0 Å². The number of benzene rings is 1. The van der Waals surface area contributed by atoms with Crippen LogP contribution in [0.3, 0.4) is 0 Å². The number of aryl methyl sites for hydroxylation is 3. The van der Waals surface area contributed by atoms with Gasteiger partial charge in [0.2, 0.25) is 0 Å². The summed E-state index contributed by atoms with van der Waals surface area (Å²) in [6, 6.07) is 7.16. The Morgan fingerprint density at radius 1 is 1.19 bits per heavy atom. The number of carbonyl (C=O) groups excluding carboxylic acids is 1. The monoisotopic (exact) mass is 484 g/mol. The fourth-order valence-corrected chi connectivity index (χ4v) is 5.19. The number of carbonyl (C=O) groups is 2. The normalized spacial score (nSPS) is 10.9. The SMILES string of the molecule is CC(=O)c1sccc1S(=O)(=O)Nc1onc(C)c1Cl.Cc1cccc(C)c1CC(=O)O. The van der Waals surface area contributed by atoms with E-state index in [-0.39, 0.29) is 32.9 Å². The van der Waals surface area contributed by atoms with Crippen molar-refractivity contribution >= 4 is 50.6 Å². The van der Waals surface area contributed by atoms with Crippen LogP contribution in [0, 0.1) is 20.8 Å². The van der Waals surface area contributed by atoms with Gasteiger partial charge in [0.05, 0.1) is 11.3 Å². The summed E-state index contributed by atoms with van der Waals surface area (Å²) in [6.07, 6.45) is 0.124. The van der Waals surface area contributed by atoms with E-state index in [0.29, 0.717) is 5.69 Å². The maximum absolute atomic E-state index is 12.1. The minimum atomic E-state index is -3.93. The first-order valence-corrected chi connectivity index (χ1v) is 11.7. The number of hydrogen-bond acceptors (Lipinski definition) is 7. The minimum Gasteiger partial charge on any atom is -0.481 e. The lowest BCUT2D eigenvalue weighted by Crippen LogP contribution is -2.14. The predicted molar refractivity (Wildman–Crippen MR) is 119 cm³/mol. The van der Waals surface area contributed by atoms with Gasteiger partial charge in [-0.2, -0.15) is 0 Å². The fourth-order valence-electron chi connectivity index (χ4n) is 2.64. The van der Waals surface area contributed by atoms with Crippen molar-refractivity contribution in [2.75, 3.05) is 4.72 Å². The Hall–Kier alpha value is -2.69. The van der Waals surface area contributed by atoms with E-state index in [4.69, 9.17) is 21.2 Å². The number of carboxylic acids is 1. The summed E-state index contributed by atoms with van der Waals surface area (Å²) < 4.78 is 31.2. The van der Waals surface area contributed by atoms with Crippen molar-refractivity contribution in [3.8, 4) is 0 Å². The highest BCUT2D eigenvalue weighted by Crippen LogP contribution is 2.29. The molecule has 3 aromatic rings. The van der Waals surface area contributed by atoms with Gasteiger partial charge in [-0.15, -0.1) is 11.3 Å². The fraction of sp³-hybridized carbons (Fsp3) is 0.250. The molecule has 0 atom stereocenters. The van der Waals surface area contributed by atoms with Gasteiger partial charge in [0.25, 0.3) is 15.9 Å². The van der Waals surface area contributed by atoms with E-state index in [1.54, 1.807) is 6.92 Å². The second-order valence-electron chi connectivity index (χ2n) is 6.63. The Kier molecular flexibility index (Phi) is 7.99. The standard InChI is InChI=1S/C10H9ClN2O4S2.C10H12O2/c1-5-8(11)10(17-12-5)13-19(15,16)7-3-4-18-9(7)6(2)14;1-7-4-3-5-8(2)9(7)6-10(11)12/h3-4,13H,1-2H3;3-5H,6H2,1-2H3,(H,11,12). The first-order valence-electron chi connectivity index (χ1n) is 8.94. The molecule has 0 aliphatic carbocycles. The van der Waals surface area contributed by atoms with Gasteiger partial charge in [0, 0.05) is 0 Å². The van der Waals surface area contributed by atoms with Gasteiger partial charge >= 0.3 is 5.97 Å². The highest BCUT2D eigenvalue weighted by Gasteiger charge is 2.25. The predicted octanol–water partition coefficient (Wildman–Crippen LogP) is 4.63. The number of rotatable bonds is 6. The molecule has 0 radical (unpaired) electrons. The van der Waals surface area contributed by atoms with E-state index in [2.05, 4.69) is 9.88 Å². The molecule has 0 bridgehead atoms. The third-order valence-corrected chi connectivity index (χ3v) is 7.19. The number of nitrogens with one attached hydrogen (secondary N) is 1. The van der Waals surface area contributed by atoms with E-state index in [1.165, 1.54) is 18.4 Å². The van der Waals surface area contributed by atoms with E-state index in [9.17, 15) is 18.0 Å². The van der Waals surface area contributed by atoms with Gasteiger partial charge in [-0.25, -0.2) is 13.1 Å². The summed E-state index contributed by atoms with van der Waals surface area (Å²) in [5.74, 6) is -1.26. The van der Waals surface area contributed by atoms with E-state index in [1.807, 2.05) is 32.0 Å². The lowest BCUT2D eigenvalue weighted by Gasteiger charge is -2.05. The molecule has 31 heavy (non-hydrogen) atoms. The van der Waals surface area contributed by atoms with E-state index < -0.39 is 16.0 Å². The molecule has 0 aliphatic rings. The summed E-state index contributed by atoms with van der Waals surface area (Å²) in [6.45, 7) is 6.75. The van der Waals surface area contributed by atoms with Crippen LogP contribution >= 0.6 is 22.9 Å². The second-order valence-corrected chi connectivity index (χ2v) is 9.57. The van der Waals surface area contributed by atoms with Crippen molar-refractivity contribution in [3.05, 3.63) is 61.9 Å². The molecule has 0 amide bonds. The van der Waals surface area contributed by atoms with Gasteiger partial charge in [-0.3, -0.25) is 9.59 Å². The number of halogens is 1. The third kappa shape index (κ3) is 6.16. The number of carboxylic acid groups (broad SMARTS) is 1. The topological polar surface area (TPSA) is 127 Å². The molecule has 166 valence electrons. The van der Waals surface area contributed by atoms with Crippen LogP contribution in [0.4, 0.5) is 5.88 Å². The molecule has 2 N–H and O–H groups in total. The molecule has 2 heterocycles. The molecule has 0 aliphatic heterocycles. The van der Waals surface area contributed by atoms with Crippen molar-refractivity contribution in [3.63, 3.8) is 0 Å². The third-order valence-electron chi connectivity index (χ3n) is 4.23. The molecule has 1 aromatic carbocycles. The molecule has 0 fully saturated rings. The summed E-state index contributed by atoms with van der Waals surface area (Å²) in [4.78, 5) is 21.9. The smallest absolute Gasteiger partial charge is 0.307 e. The van der Waals surface area contributed by atoms with Gasteiger partial charge in [-0.05, 0) is 55.8 Å². The zero-order valence-electron chi connectivity index (χ0n) is 17.2. The Morgan fingerprint density at radius 3 is 2.29 bits per heavy atom. The molecule has 0 saturated carbocycles. The van der Waals surface area contributed by atoms with Crippen LogP contribution in [-0.4, -0.2) is 30.4 Å². The summed E-state index contributed by atoms with van der Waals surface area (Å²) in [7, 11) is -3.93. The van der Waals surface area contributed by atoms with Gasteiger partial charge < -0.3 is 9.63 Å². The highest BCUT2D eigenvalue weighted by molar-refractivity contribution is 7.93. The molecule has 2 aromatic heterocycles. The average Bonchev–Trinajstić information content (AvgIpc) is 3.29. The Balaban J connectivity index is 0.000000245. The molecule has 0 unspecified atom stereocenters. The number of thiophene rings is 1. The van der Waals surface area contributed by atoms with Crippen LogP contribution in [0.5, 0.6) is 0 Å².